The van der Waals surface area contributed by atoms with Gasteiger partial charge in [0.1, 0.15) is 24.7 Å². The molecule has 0 bridgehead atoms. The zero-order chi connectivity index (χ0) is 53.8. The smallest absolute Gasteiger partial charge is 0.850 e. The fourth-order valence-corrected chi connectivity index (χ4v) is 8.19. The van der Waals surface area contributed by atoms with Crippen LogP contribution in [0.1, 0.15) is 60.4 Å². The first-order valence-electron chi connectivity index (χ1n) is 21.3. The minimum absolute atomic E-state index is 0. The summed E-state index contributed by atoms with van der Waals surface area (Å²) in [6, 6.07) is 16.5. The van der Waals surface area contributed by atoms with Crippen molar-refractivity contribution in [1.82, 2.24) is 10.2 Å². The molecule has 4 aromatic rings. The second-order valence-corrected chi connectivity index (χ2v) is 21.6. The van der Waals surface area contributed by atoms with E-state index in [1.165, 1.54) is 63.4 Å². The van der Waals surface area contributed by atoms with Gasteiger partial charge in [-0.05, 0) is 104 Å². The molecule has 4 N–H and O–H groups in total. The van der Waals surface area contributed by atoms with Crippen LogP contribution in [0.2, 0.25) is 0 Å². The number of unbranched alkanes of at least 4 members (excludes halogenated alkanes) is 2. The molecule has 4 atom stereocenters. The Morgan fingerprint density at radius 1 is 0.716 bits per heavy atom. The van der Waals surface area contributed by atoms with Gasteiger partial charge in [0, 0.05) is 128 Å². The number of rotatable bonds is 26. The molecule has 0 aliphatic heterocycles. The predicted molar refractivity (Wildman–Crippen MR) is 281 cm³/mol. The molecule has 4 rings (SSSR count). The summed E-state index contributed by atoms with van der Waals surface area (Å²) in [6.45, 7) is 7.41. The van der Waals surface area contributed by atoms with Crippen molar-refractivity contribution in [2.24, 2.45) is 0 Å². The van der Waals surface area contributed by atoms with Gasteiger partial charge in [0.25, 0.3) is 11.9 Å². The van der Waals surface area contributed by atoms with Crippen molar-refractivity contribution in [3.05, 3.63) is 151 Å². The van der Waals surface area contributed by atoms with E-state index in [1.807, 2.05) is 0 Å². The molecular formula is C44H60Ac2Cl3LiN6O14P2S2-2. The number of nitrogens with zero attached hydrogens (tertiary/aromatic N) is 2. The first kappa shape index (κ1) is 79.7. The molecule has 0 fully saturated rings. The van der Waals surface area contributed by atoms with Crippen molar-refractivity contribution in [1.29, 1.82) is 0 Å². The van der Waals surface area contributed by atoms with E-state index in [-0.39, 0.29) is 162 Å². The third-order valence-corrected chi connectivity index (χ3v) is 13.8. The summed E-state index contributed by atoms with van der Waals surface area (Å²) in [4.78, 5) is 43.9. The Morgan fingerprint density at radius 3 is 1.41 bits per heavy atom. The fraction of sp³-hybridized carbons (Fsp3) is 0.409. The normalized spacial score (nSPS) is 12.2. The maximum Gasteiger partial charge on any atom is 1.00 e. The van der Waals surface area contributed by atoms with Crippen LogP contribution in [-0.2, 0) is 58.8 Å². The Morgan fingerprint density at radius 2 is 1.11 bits per heavy atom. The summed E-state index contributed by atoms with van der Waals surface area (Å²) in [5.74, 6) is 0.979. The van der Waals surface area contributed by atoms with Gasteiger partial charge >= 0.3 is 43.5 Å². The van der Waals surface area contributed by atoms with E-state index in [1.54, 1.807) is 48.5 Å². The molecule has 402 valence electrons. The van der Waals surface area contributed by atoms with E-state index in [9.17, 15) is 44.1 Å². The zero-order valence-electron chi connectivity index (χ0n) is 41.7. The maximum absolute atomic E-state index is 12.7. The minimum Gasteiger partial charge on any atom is -0.850 e. The third-order valence-electron chi connectivity index (χ3n) is 8.12. The number of nitro groups is 2. The van der Waals surface area contributed by atoms with Crippen LogP contribution in [-0.4, -0.2) is 72.9 Å². The summed E-state index contributed by atoms with van der Waals surface area (Å²) in [7, 11) is -0.866. The molecule has 0 saturated carbocycles. The number of nitrogens with one attached hydrogen (secondary N) is 4. The molecule has 0 aliphatic rings. The minimum atomic E-state index is -3.71. The monoisotopic (exact) mass is 1590 g/mol. The van der Waals surface area contributed by atoms with Gasteiger partial charge in [-0.15, -0.1) is 29.8 Å². The number of carbonyl (C=O) groups is 2. The first-order valence-corrected chi connectivity index (χ1v) is 28.1. The molecule has 2 radical (unpaired) electrons. The maximum atomic E-state index is 12.7. The van der Waals surface area contributed by atoms with E-state index in [4.69, 9.17) is 69.0 Å². The largest absolute Gasteiger partial charge is 1.00 e. The summed E-state index contributed by atoms with van der Waals surface area (Å²) in [5, 5.41) is 35.8. The second-order valence-electron chi connectivity index (χ2n) is 13.7. The molecule has 30 heteroatoms. The molecule has 0 saturated heterocycles. The van der Waals surface area contributed by atoms with Crippen molar-refractivity contribution in [2.45, 2.75) is 77.7 Å². The van der Waals surface area contributed by atoms with Crippen LogP contribution in [0.3, 0.4) is 0 Å². The number of alkyl halides is 2. The van der Waals surface area contributed by atoms with Crippen LogP contribution >= 0.6 is 71.7 Å². The quantitative estimate of drug-likeness (QED) is 0.0113. The molecule has 0 amide bonds. The number of carbonyl (C=O) groups excluding carboxylic acids is 2. The number of benzene rings is 2. The Balaban J connectivity index is -0.000000481. The van der Waals surface area contributed by atoms with E-state index in [0.717, 1.165) is 52.8 Å². The molecule has 2 aromatic heterocycles. The predicted octanol–water partition coefficient (Wildman–Crippen LogP) is 9.17. The Bertz CT molecular complexity index is 2290. The standard InChI is InChI=1S/C18H21N3O7PS.C13H17ClN2O4P.C5H4NO3S.2C4H9Cl.2Ac.Li/c1-3-10-26-18(22)16(19)11-13-4-6-14(7-5-13)28-29(25,20-2)27-12-15-8-9-17(30-15)21(23)24;1-3-8-19-13(17)12(15)9-10-4-6-11(7-5-10)20-21(14,18)16-2;7-3-4-1-2-5(10-4)6(8)9;2*1-2-3-4-5;;;/h3-9,16,19H,1,10-12H2,2H3,(H,20,25);3-7,12,15H,1,8-9H2,2H3,(H,16,18);1-2H,3H2;2*2-4H2,1H3;;;/q3*-1;;;;;+1. The molecule has 74 heavy (non-hydrogen) atoms. The van der Waals surface area contributed by atoms with Crippen LogP contribution in [0.4, 0.5) is 10.0 Å². The van der Waals surface area contributed by atoms with Gasteiger partial charge in [-0.3, -0.25) is 34.3 Å². The second kappa shape index (κ2) is 47.1. The van der Waals surface area contributed by atoms with E-state index >= 15 is 0 Å². The number of halogens is 3. The first-order chi connectivity index (χ1) is 33.7. The molecule has 4 unspecified atom stereocenters. The van der Waals surface area contributed by atoms with E-state index in [2.05, 4.69) is 37.2 Å². The Hall–Kier alpha value is -0.769. The zero-order valence-corrected chi connectivity index (χ0v) is 56.9. The van der Waals surface area contributed by atoms with Crippen molar-refractivity contribution < 1.29 is 164 Å². The van der Waals surface area contributed by atoms with Gasteiger partial charge in [-0.2, -0.15) is 0 Å². The Labute approximate surface area is 539 Å². The van der Waals surface area contributed by atoms with Gasteiger partial charge in [-0.1, -0.05) is 98.9 Å². The number of hydrogen-bond acceptors (Lipinski definition) is 16. The summed E-state index contributed by atoms with van der Waals surface area (Å²) in [6.07, 6.45) is 7.96. The van der Waals surface area contributed by atoms with Crippen LogP contribution in [0.25, 0.3) is 11.5 Å². The molecule has 2 heterocycles. The summed E-state index contributed by atoms with van der Waals surface area (Å²) < 4.78 is 49.7. The fourth-order valence-electron chi connectivity index (χ4n) is 4.45. The van der Waals surface area contributed by atoms with Gasteiger partial charge in [0.05, 0.1) is 16.5 Å². The molecular weight excluding hydrogens is 1530 g/mol. The summed E-state index contributed by atoms with van der Waals surface area (Å²) >= 11 is 18.0. The topological polar surface area (TPSA) is 295 Å². The van der Waals surface area contributed by atoms with Crippen LogP contribution in [0.5, 0.6) is 11.5 Å². The molecule has 0 aliphatic carbocycles. The Kier molecular flexibility index (Phi) is 50.7. The number of hydrogen-bond donors (Lipinski definition) is 2. The van der Waals surface area contributed by atoms with E-state index < -0.39 is 48.5 Å². The average Bonchev–Trinajstić information content (AvgIpc) is 4.06. The number of thiophene rings is 2. The third kappa shape index (κ3) is 37.2. The van der Waals surface area contributed by atoms with Crippen molar-refractivity contribution in [2.75, 3.05) is 39.1 Å². The van der Waals surface area contributed by atoms with Crippen molar-refractivity contribution in [3.63, 3.8) is 0 Å². The van der Waals surface area contributed by atoms with Crippen molar-refractivity contribution in [3.8, 4) is 11.5 Å². The molecule has 0 spiro atoms. The number of ether oxygens (including phenoxy) is 2. The van der Waals surface area contributed by atoms with Crippen molar-refractivity contribution >= 4 is 93.7 Å². The summed E-state index contributed by atoms with van der Waals surface area (Å²) in [5.41, 5.74) is 17.0. The van der Waals surface area contributed by atoms with Gasteiger partial charge in [0.2, 0.25) is 0 Å². The van der Waals surface area contributed by atoms with Gasteiger partial charge in [-0.25, -0.2) is 19.3 Å². The molecule has 2 aromatic carbocycles. The van der Waals surface area contributed by atoms with Crippen LogP contribution in [0, 0.1) is 108 Å². The average molecular weight is 1590 g/mol. The number of esters is 2. The molecule has 20 nitrogen and oxygen atoms in total. The van der Waals surface area contributed by atoms with Crippen LogP contribution in [0.15, 0.2) is 98.1 Å². The SMILES string of the molecule is C=CCOC(=O)C([NH-])Cc1ccc(OP(=O)(Cl)NC)cc1.C=CCOC(=O)C([NH-])Cc1ccc(OP(=O)(NC)OCc2ccc([N+](=O)[O-])s2)cc1.CCCCCl.CCCCCl.O=[N+]([O-])c1ccc(C[O-])s1.[Ac].[Ac].[Li+]. The van der Waals surface area contributed by atoms with Gasteiger partial charge < -0.3 is 35.1 Å². The van der Waals surface area contributed by atoms with Gasteiger partial charge in [0.15, 0.2) is 0 Å². The van der Waals surface area contributed by atoms with Crippen LogP contribution < -0.4 is 43.2 Å². The van der Waals surface area contributed by atoms with E-state index in [0.29, 0.717) is 21.1 Å².